The Labute approximate surface area is 130 Å². The molecule has 0 fully saturated rings. The molecule has 7 nitrogen and oxygen atoms in total. The predicted molar refractivity (Wildman–Crippen MR) is 83.1 cm³/mol. The molecule has 0 saturated carbocycles. The average molecular weight is 318 g/mol. The van der Waals surface area contributed by atoms with Gasteiger partial charge < -0.3 is 16.2 Å². The summed E-state index contributed by atoms with van der Waals surface area (Å²) in [6.07, 6.45) is 1.54. The minimum atomic E-state index is -1.06. The number of nitrogens with two attached hydrogens (primary N) is 1. The van der Waals surface area contributed by atoms with Crippen molar-refractivity contribution < 1.29 is 9.90 Å². The minimum absolute atomic E-state index is 0.0830. The number of hydrogen-bond acceptors (Lipinski definition) is 5. The number of nitrogen functional groups attached to an aromatic ring is 1. The van der Waals surface area contributed by atoms with Crippen molar-refractivity contribution in [1.29, 1.82) is 0 Å². The molecular weight excluding hydrogens is 306 g/mol. The van der Waals surface area contributed by atoms with Crippen molar-refractivity contribution in [3.63, 3.8) is 0 Å². The summed E-state index contributed by atoms with van der Waals surface area (Å²) in [7, 11) is 0. The summed E-state index contributed by atoms with van der Waals surface area (Å²) in [5.41, 5.74) is 7.25. The zero-order chi connectivity index (χ0) is 15.7. The van der Waals surface area contributed by atoms with Crippen LogP contribution in [0.2, 0.25) is 5.02 Å². The number of carboxylic acid groups (broad SMARTS) is 1. The van der Waals surface area contributed by atoms with Crippen molar-refractivity contribution in [2.75, 3.05) is 11.1 Å². The largest absolute Gasteiger partial charge is 0.478 e. The highest BCUT2D eigenvalue weighted by atomic mass is 35.5. The molecule has 22 heavy (non-hydrogen) atoms. The third kappa shape index (κ3) is 2.66. The lowest BCUT2D eigenvalue weighted by Gasteiger charge is -2.11. The van der Waals surface area contributed by atoms with Crippen LogP contribution >= 0.6 is 11.6 Å². The molecule has 8 heteroatoms. The van der Waals surface area contributed by atoms with Crippen LogP contribution in [-0.2, 0) is 6.54 Å². The van der Waals surface area contributed by atoms with Crippen LogP contribution in [0.25, 0.3) is 5.65 Å². The second kappa shape index (κ2) is 5.53. The number of halogens is 1. The molecule has 0 aliphatic heterocycles. The number of fused-ring (bicyclic) bond motifs is 1. The van der Waals surface area contributed by atoms with Crippen LogP contribution in [0.3, 0.4) is 0 Å². The molecule has 2 heterocycles. The topological polar surface area (TPSA) is 106 Å². The van der Waals surface area contributed by atoms with Gasteiger partial charge in [-0.25, -0.2) is 9.31 Å². The van der Waals surface area contributed by atoms with E-state index in [2.05, 4.69) is 15.4 Å². The van der Waals surface area contributed by atoms with Gasteiger partial charge >= 0.3 is 5.97 Å². The number of aromatic nitrogens is 3. The number of nitrogens with zero attached hydrogens (tertiary/aromatic N) is 3. The monoisotopic (exact) mass is 317 g/mol. The summed E-state index contributed by atoms with van der Waals surface area (Å²) in [5.74, 6) is -0.981. The predicted octanol–water partition coefficient (Wildman–Crippen LogP) is 2.28. The Morgan fingerprint density at radius 1 is 1.41 bits per heavy atom. The number of carboxylic acids is 1. The van der Waals surface area contributed by atoms with Crippen LogP contribution in [0, 0.1) is 0 Å². The van der Waals surface area contributed by atoms with Crippen molar-refractivity contribution in [3.8, 4) is 0 Å². The maximum atomic E-state index is 11.4. The van der Waals surface area contributed by atoms with Crippen LogP contribution < -0.4 is 11.1 Å². The Morgan fingerprint density at radius 3 is 2.91 bits per heavy atom. The van der Waals surface area contributed by atoms with E-state index >= 15 is 0 Å². The van der Waals surface area contributed by atoms with Gasteiger partial charge in [-0.1, -0.05) is 29.8 Å². The van der Waals surface area contributed by atoms with Gasteiger partial charge in [-0.3, -0.25) is 0 Å². The van der Waals surface area contributed by atoms with E-state index < -0.39 is 5.97 Å². The van der Waals surface area contributed by atoms with E-state index in [1.807, 2.05) is 18.2 Å². The first-order valence-electron chi connectivity index (χ1n) is 6.41. The van der Waals surface area contributed by atoms with Gasteiger partial charge in [-0.2, -0.15) is 4.98 Å². The summed E-state index contributed by atoms with van der Waals surface area (Å²) < 4.78 is 1.43. The van der Waals surface area contributed by atoms with Gasteiger partial charge in [0.1, 0.15) is 0 Å². The van der Waals surface area contributed by atoms with Gasteiger partial charge in [0.15, 0.2) is 5.65 Å². The van der Waals surface area contributed by atoms with E-state index in [0.29, 0.717) is 22.9 Å². The molecule has 0 aliphatic rings. The molecule has 4 N–H and O–H groups in total. The Bertz CT molecular complexity index is 862. The molecule has 112 valence electrons. The van der Waals surface area contributed by atoms with Gasteiger partial charge in [-0.15, -0.1) is 5.10 Å². The molecule has 1 aromatic carbocycles. The Kier molecular flexibility index (Phi) is 3.56. The molecule has 0 aliphatic carbocycles. The summed E-state index contributed by atoms with van der Waals surface area (Å²) in [5, 5.41) is 17.0. The number of hydrogen-bond donors (Lipinski definition) is 3. The fourth-order valence-electron chi connectivity index (χ4n) is 2.09. The molecule has 3 rings (SSSR count). The maximum Gasteiger partial charge on any atom is 0.337 e. The van der Waals surface area contributed by atoms with Gasteiger partial charge in [0.2, 0.25) is 5.95 Å². The van der Waals surface area contributed by atoms with E-state index in [1.54, 1.807) is 12.3 Å². The Hall–Kier alpha value is -2.80. The minimum Gasteiger partial charge on any atom is -0.478 e. The van der Waals surface area contributed by atoms with Crippen molar-refractivity contribution in [2.24, 2.45) is 0 Å². The fraction of sp³-hybridized carbons (Fsp3) is 0.0714. The Balaban J connectivity index is 1.96. The van der Waals surface area contributed by atoms with E-state index in [-0.39, 0.29) is 11.5 Å². The van der Waals surface area contributed by atoms with Crippen molar-refractivity contribution in [1.82, 2.24) is 14.6 Å². The SMILES string of the molecule is Nc1nc2cc(C(=O)O)c(NCc3ccccc3Cl)cn2n1. The van der Waals surface area contributed by atoms with Gasteiger partial charge in [0.05, 0.1) is 17.4 Å². The highest BCUT2D eigenvalue weighted by Crippen LogP contribution is 2.21. The highest BCUT2D eigenvalue weighted by molar-refractivity contribution is 6.31. The third-order valence-corrected chi connectivity index (χ3v) is 3.52. The zero-order valence-electron chi connectivity index (χ0n) is 11.3. The van der Waals surface area contributed by atoms with E-state index in [1.165, 1.54) is 10.6 Å². The van der Waals surface area contributed by atoms with E-state index in [9.17, 15) is 9.90 Å². The number of pyridine rings is 1. The lowest BCUT2D eigenvalue weighted by molar-refractivity contribution is 0.0698. The lowest BCUT2D eigenvalue weighted by atomic mass is 10.2. The van der Waals surface area contributed by atoms with Crippen molar-refractivity contribution >= 4 is 34.9 Å². The second-order valence-corrected chi connectivity index (χ2v) is 5.03. The van der Waals surface area contributed by atoms with E-state index in [0.717, 1.165) is 5.56 Å². The normalized spacial score (nSPS) is 10.8. The smallest absolute Gasteiger partial charge is 0.337 e. The number of benzene rings is 1. The van der Waals surface area contributed by atoms with Crippen LogP contribution in [-0.4, -0.2) is 25.7 Å². The van der Waals surface area contributed by atoms with Gasteiger partial charge in [0, 0.05) is 11.6 Å². The molecule has 3 aromatic rings. The molecule has 0 unspecified atom stereocenters. The van der Waals surface area contributed by atoms with E-state index in [4.69, 9.17) is 17.3 Å². The molecule has 0 bridgehead atoms. The molecule has 0 saturated heterocycles. The first-order chi connectivity index (χ1) is 10.5. The number of anilines is 2. The molecular formula is C14H12ClN5O2. The number of aromatic carboxylic acids is 1. The summed E-state index contributed by atoms with van der Waals surface area (Å²) in [4.78, 5) is 15.3. The summed E-state index contributed by atoms with van der Waals surface area (Å²) >= 11 is 6.09. The summed E-state index contributed by atoms with van der Waals surface area (Å²) in [6.45, 7) is 0.385. The quantitative estimate of drug-likeness (QED) is 0.681. The molecule has 0 radical (unpaired) electrons. The standard InChI is InChI=1S/C14H12ClN5O2/c15-10-4-2-1-3-8(10)6-17-11-7-20-12(18-14(16)19-20)5-9(11)13(21)22/h1-5,7,17H,6H2,(H2,16,19)(H,21,22). The highest BCUT2D eigenvalue weighted by Gasteiger charge is 2.14. The molecule has 0 amide bonds. The molecule has 2 aromatic heterocycles. The maximum absolute atomic E-state index is 11.4. The number of nitrogens with one attached hydrogen (secondary N) is 1. The van der Waals surface area contributed by atoms with Crippen LogP contribution in [0.15, 0.2) is 36.5 Å². The third-order valence-electron chi connectivity index (χ3n) is 3.15. The first-order valence-corrected chi connectivity index (χ1v) is 6.79. The lowest BCUT2D eigenvalue weighted by Crippen LogP contribution is -2.08. The number of rotatable bonds is 4. The van der Waals surface area contributed by atoms with Gasteiger partial charge in [-0.05, 0) is 17.7 Å². The second-order valence-electron chi connectivity index (χ2n) is 4.62. The van der Waals surface area contributed by atoms with Crippen LogP contribution in [0.4, 0.5) is 11.6 Å². The van der Waals surface area contributed by atoms with Gasteiger partial charge in [0.25, 0.3) is 0 Å². The van der Waals surface area contributed by atoms with Crippen molar-refractivity contribution in [3.05, 3.63) is 52.7 Å². The first kappa shape index (κ1) is 14.2. The fourth-order valence-corrected chi connectivity index (χ4v) is 2.30. The van der Waals surface area contributed by atoms with Crippen molar-refractivity contribution in [2.45, 2.75) is 6.54 Å². The molecule has 0 atom stereocenters. The number of carbonyl (C=O) groups is 1. The average Bonchev–Trinajstić information content (AvgIpc) is 2.84. The zero-order valence-corrected chi connectivity index (χ0v) is 12.1. The Morgan fingerprint density at radius 2 is 2.18 bits per heavy atom. The summed E-state index contributed by atoms with van der Waals surface area (Å²) in [6, 6.07) is 8.75. The molecule has 0 spiro atoms. The van der Waals surface area contributed by atoms with Crippen LogP contribution in [0.1, 0.15) is 15.9 Å². The van der Waals surface area contributed by atoms with Crippen LogP contribution in [0.5, 0.6) is 0 Å².